The van der Waals surface area contributed by atoms with Crippen LogP contribution >= 0.6 is 0 Å². The van der Waals surface area contributed by atoms with Crippen LogP contribution in [0.1, 0.15) is 22.8 Å². The fourth-order valence-corrected chi connectivity index (χ4v) is 2.09. The van der Waals surface area contributed by atoms with E-state index in [1.54, 1.807) is 12.1 Å². The van der Waals surface area contributed by atoms with Crippen LogP contribution in [-0.4, -0.2) is 12.8 Å². The first-order valence-corrected chi connectivity index (χ1v) is 6.28. The summed E-state index contributed by atoms with van der Waals surface area (Å²) in [5.74, 6) is -0.473. The molecule has 2 rings (SSSR count). The minimum absolute atomic E-state index is 0.125. The maximum atomic E-state index is 13.6. The predicted molar refractivity (Wildman–Crippen MR) is 75.0 cm³/mol. The fraction of sp³-hybridized carbons (Fsp3) is 0.188. The molecule has 0 aliphatic rings. The lowest BCUT2D eigenvalue weighted by Crippen LogP contribution is -2.23. The van der Waals surface area contributed by atoms with Crippen molar-refractivity contribution in [2.24, 2.45) is 0 Å². The van der Waals surface area contributed by atoms with Gasteiger partial charge in [-0.25, -0.2) is 4.39 Å². The molecule has 0 aliphatic heterocycles. The maximum Gasteiger partial charge on any atom is 0.155 e. The molecule has 0 aromatic heterocycles. The van der Waals surface area contributed by atoms with E-state index in [0.29, 0.717) is 25.1 Å². The van der Waals surface area contributed by atoms with E-state index in [1.165, 1.54) is 6.07 Å². The van der Waals surface area contributed by atoms with Gasteiger partial charge in [0.05, 0.1) is 11.3 Å². The van der Waals surface area contributed by atoms with Gasteiger partial charge in [0, 0.05) is 13.1 Å². The Morgan fingerprint density at radius 2 is 1.84 bits per heavy atom. The highest BCUT2D eigenvalue weighted by Gasteiger charge is 2.13. The zero-order valence-corrected chi connectivity index (χ0v) is 10.8. The Bertz CT molecular complexity index is 554. The summed E-state index contributed by atoms with van der Waals surface area (Å²) in [7, 11) is 0. The largest absolute Gasteiger partial charge is 0.367 e. The van der Waals surface area contributed by atoms with Gasteiger partial charge in [-0.05, 0) is 24.6 Å². The van der Waals surface area contributed by atoms with Gasteiger partial charge in [0.2, 0.25) is 0 Å². The van der Waals surface area contributed by atoms with Gasteiger partial charge in [0.1, 0.15) is 5.82 Å². The molecule has 0 amide bonds. The molecule has 0 spiro atoms. The molecular formula is C16H16FNO. The van der Waals surface area contributed by atoms with Crippen molar-refractivity contribution in [2.45, 2.75) is 13.5 Å². The van der Waals surface area contributed by atoms with E-state index in [2.05, 4.69) is 0 Å². The second-order valence-corrected chi connectivity index (χ2v) is 4.29. The first-order valence-electron chi connectivity index (χ1n) is 6.28. The van der Waals surface area contributed by atoms with E-state index in [-0.39, 0.29) is 5.56 Å². The molecule has 0 heterocycles. The Morgan fingerprint density at radius 1 is 1.11 bits per heavy atom. The molecule has 0 atom stereocenters. The van der Waals surface area contributed by atoms with Crippen LogP contribution < -0.4 is 4.90 Å². The molecule has 0 fully saturated rings. The summed E-state index contributed by atoms with van der Waals surface area (Å²) in [6.45, 7) is 3.35. The van der Waals surface area contributed by atoms with E-state index in [1.807, 2.05) is 42.2 Å². The molecule has 0 saturated carbocycles. The second kappa shape index (κ2) is 6.14. The Labute approximate surface area is 112 Å². The average Bonchev–Trinajstić information content (AvgIpc) is 2.45. The zero-order valence-electron chi connectivity index (χ0n) is 10.8. The lowest BCUT2D eigenvalue weighted by Gasteiger charge is -2.24. The smallest absolute Gasteiger partial charge is 0.155 e. The first kappa shape index (κ1) is 13.3. The van der Waals surface area contributed by atoms with Gasteiger partial charge in [0.25, 0.3) is 0 Å². The summed E-state index contributed by atoms with van der Waals surface area (Å²) >= 11 is 0. The normalized spacial score (nSPS) is 10.2. The minimum Gasteiger partial charge on any atom is -0.367 e. The van der Waals surface area contributed by atoms with Crippen molar-refractivity contribution in [2.75, 3.05) is 11.4 Å². The topological polar surface area (TPSA) is 20.3 Å². The van der Waals surface area contributed by atoms with Crippen molar-refractivity contribution in [1.82, 2.24) is 0 Å². The van der Waals surface area contributed by atoms with Crippen LogP contribution in [0, 0.1) is 5.82 Å². The average molecular weight is 257 g/mol. The van der Waals surface area contributed by atoms with Crippen molar-refractivity contribution >= 4 is 12.0 Å². The number of hydrogen-bond donors (Lipinski definition) is 0. The molecule has 19 heavy (non-hydrogen) atoms. The summed E-state index contributed by atoms with van der Waals surface area (Å²) in [6.07, 6.45) is 0.582. The summed E-state index contributed by atoms with van der Waals surface area (Å²) in [5.41, 5.74) is 1.90. The molecule has 2 aromatic rings. The van der Waals surface area contributed by atoms with Crippen LogP contribution in [0.3, 0.4) is 0 Å². The molecule has 0 N–H and O–H groups in total. The van der Waals surface area contributed by atoms with E-state index >= 15 is 0 Å². The predicted octanol–water partition coefficient (Wildman–Crippen LogP) is 3.66. The number of halogens is 1. The van der Waals surface area contributed by atoms with Gasteiger partial charge in [-0.1, -0.05) is 36.4 Å². The van der Waals surface area contributed by atoms with Crippen LogP contribution in [0.15, 0.2) is 48.5 Å². The molecule has 0 bridgehead atoms. The fourth-order valence-electron chi connectivity index (χ4n) is 2.09. The maximum absolute atomic E-state index is 13.6. The Hall–Kier alpha value is -2.16. The van der Waals surface area contributed by atoms with Crippen molar-refractivity contribution < 1.29 is 9.18 Å². The molecular weight excluding hydrogens is 241 g/mol. The number of benzene rings is 2. The van der Waals surface area contributed by atoms with Crippen molar-refractivity contribution in [1.29, 1.82) is 0 Å². The Balaban J connectivity index is 2.32. The summed E-state index contributed by atoms with van der Waals surface area (Å²) in [6, 6.07) is 14.6. The summed E-state index contributed by atoms with van der Waals surface area (Å²) in [4.78, 5) is 13.0. The Morgan fingerprint density at radius 3 is 2.47 bits per heavy atom. The number of carbonyl (C=O) groups excluding carboxylic acids is 1. The molecule has 2 nitrogen and oxygen atoms in total. The van der Waals surface area contributed by atoms with Gasteiger partial charge < -0.3 is 4.90 Å². The van der Waals surface area contributed by atoms with Crippen LogP contribution in [0.25, 0.3) is 0 Å². The van der Waals surface area contributed by atoms with E-state index in [0.717, 1.165) is 5.56 Å². The van der Waals surface area contributed by atoms with Crippen LogP contribution in [0.4, 0.5) is 10.1 Å². The van der Waals surface area contributed by atoms with E-state index in [9.17, 15) is 9.18 Å². The van der Waals surface area contributed by atoms with Crippen molar-refractivity contribution in [3.63, 3.8) is 0 Å². The number of anilines is 1. The highest BCUT2D eigenvalue weighted by molar-refractivity contribution is 5.85. The van der Waals surface area contributed by atoms with Crippen molar-refractivity contribution in [3.8, 4) is 0 Å². The third-order valence-corrected chi connectivity index (χ3v) is 3.09. The van der Waals surface area contributed by atoms with Gasteiger partial charge in [-0.2, -0.15) is 0 Å². The minimum atomic E-state index is -0.473. The second-order valence-electron chi connectivity index (χ2n) is 4.29. The SMILES string of the molecule is CCN(Cc1ccccc1)c1cccc(F)c1C=O. The van der Waals surface area contributed by atoms with E-state index in [4.69, 9.17) is 0 Å². The quantitative estimate of drug-likeness (QED) is 0.762. The van der Waals surface area contributed by atoms with E-state index < -0.39 is 5.82 Å². The molecule has 0 radical (unpaired) electrons. The molecule has 0 unspecified atom stereocenters. The number of carbonyl (C=O) groups is 1. The van der Waals surface area contributed by atoms with Crippen LogP contribution in [0.5, 0.6) is 0 Å². The number of nitrogens with zero attached hydrogens (tertiary/aromatic N) is 1. The van der Waals surface area contributed by atoms with Gasteiger partial charge in [-0.3, -0.25) is 4.79 Å². The molecule has 98 valence electrons. The standard InChI is InChI=1S/C16H16FNO/c1-2-18(11-13-7-4-3-5-8-13)16-10-6-9-15(17)14(16)12-19/h3-10,12H,2,11H2,1H3. The molecule has 0 saturated heterocycles. The number of aldehydes is 1. The van der Waals surface area contributed by atoms with Crippen LogP contribution in [0.2, 0.25) is 0 Å². The number of rotatable bonds is 5. The first-order chi connectivity index (χ1) is 9.26. The van der Waals surface area contributed by atoms with Crippen molar-refractivity contribution in [3.05, 3.63) is 65.5 Å². The molecule has 3 heteroatoms. The number of hydrogen-bond acceptors (Lipinski definition) is 2. The third kappa shape index (κ3) is 2.99. The molecule has 0 aliphatic carbocycles. The summed E-state index contributed by atoms with van der Waals surface area (Å²) in [5, 5.41) is 0. The van der Waals surface area contributed by atoms with Gasteiger partial charge >= 0.3 is 0 Å². The third-order valence-electron chi connectivity index (χ3n) is 3.09. The lowest BCUT2D eigenvalue weighted by molar-refractivity contribution is 0.112. The Kier molecular flexibility index (Phi) is 4.29. The highest BCUT2D eigenvalue weighted by Crippen LogP contribution is 2.23. The monoisotopic (exact) mass is 257 g/mol. The van der Waals surface area contributed by atoms with Gasteiger partial charge in [-0.15, -0.1) is 0 Å². The lowest BCUT2D eigenvalue weighted by atomic mass is 10.1. The summed E-state index contributed by atoms with van der Waals surface area (Å²) < 4.78 is 13.6. The molecule has 2 aromatic carbocycles. The zero-order chi connectivity index (χ0) is 13.7. The van der Waals surface area contributed by atoms with Crippen LogP contribution in [-0.2, 0) is 6.54 Å². The van der Waals surface area contributed by atoms with Gasteiger partial charge in [0.15, 0.2) is 6.29 Å². The highest BCUT2D eigenvalue weighted by atomic mass is 19.1.